The van der Waals surface area contributed by atoms with E-state index in [1.54, 1.807) is 35.6 Å². The number of anilines is 1. The van der Waals surface area contributed by atoms with Crippen molar-refractivity contribution in [2.45, 2.75) is 13.3 Å². The topological polar surface area (TPSA) is 58.6 Å². The number of thiophene rings is 1. The second-order valence-electron chi connectivity index (χ2n) is 5.60. The first-order chi connectivity index (χ1) is 13.1. The highest BCUT2D eigenvalue weighted by Crippen LogP contribution is 2.33. The molecule has 1 saturated heterocycles. The molecular weight excluding hydrogens is 400 g/mol. The third-order valence-electron chi connectivity index (χ3n) is 3.70. The molecule has 0 saturated carbocycles. The van der Waals surface area contributed by atoms with Crippen LogP contribution >= 0.6 is 35.3 Å². The fourth-order valence-electron chi connectivity index (χ4n) is 2.43. The Morgan fingerprint density at radius 1 is 1.30 bits per heavy atom. The quantitative estimate of drug-likeness (QED) is 0.534. The van der Waals surface area contributed by atoms with Crippen molar-refractivity contribution in [2.75, 3.05) is 18.5 Å². The molecule has 5 nitrogen and oxygen atoms in total. The van der Waals surface area contributed by atoms with Crippen molar-refractivity contribution in [3.8, 4) is 5.75 Å². The average molecular weight is 419 g/mol. The zero-order chi connectivity index (χ0) is 19.2. The fraction of sp³-hybridized carbons (Fsp3) is 0.211. The zero-order valence-electron chi connectivity index (χ0n) is 14.6. The lowest BCUT2D eigenvalue weighted by atomic mass is 10.3. The van der Waals surface area contributed by atoms with Gasteiger partial charge in [0, 0.05) is 23.5 Å². The minimum absolute atomic E-state index is 0.146. The lowest BCUT2D eigenvalue weighted by Gasteiger charge is -2.14. The number of hydrogen-bond donors (Lipinski definition) is 1. The van der Waals surface area contributed by atoms with Crippen molar-refractivity contribution in [1.82, 2.24) is 4.90 Å². The van der Waals surface area contributed by atoms with Crippen LogP contribution in [0.15, 0.2) is 46.7 Å². The van der Waals surface area contributed by atoms with Crippen LogP contribution < -0.4 is 10.1 Å². The van der Waals surface area contributed by atoms with Gasteiger partial charge in [-0.15, -0.1) is 11.3 Å². The smallest absolute Gasteiger partial charge is 0.266 e. The highest BCUT2D eigenvalue weighted by Gasteiger charge is 2.32. The molecule has 3 rings (SSSR count). The van der Waals surface area contributed by atoms with Crippen LogP contribution in [-0.4, -0.2) is 34.2 Å². The molecule has 0 atom stereocenters. The molecule has 2 aromatic rings. The van der Waals surface area contributed by atoms with Gasteiger partial charge >= 0.3 is 0 Å². The summed E-state index contributed by atoms with van der Waals surface area (Å²) >= 11 is 8.13. The predicted molar refractivity (Wildman–Crippen MR) is 115 cm³/mol. The molecular formula is C19H18N2O3S3. The summed E-state index contributed by atoms with van der Waals surface area (Å²) in [5, 5.41) is 4.77. The number of thioether (sulfide) groups is 1. The molecule has 1 N–H and O–H groups in total. The minimum atomic E-state index is -0.171. The van der Waals surface area contributed by atoms with Crippen molar-refractivity contribution >= 4 is 63.2 Å². The van der Waals surface area contributed by atoms with Crippen LogP contribution in [-0.2, 0) is 9.59 Å². The third kappa shape index (κ3) is 5.18. The van der Waals surface area contributed by atoms with Gasteiger partial charge in [-0.3, -0.25) is 14.5 Å². The van der Waals surface area contributed by atoms with Crippen LogP contribution in [0.2, 0.25) is 0 Å². The van der Waals surface area contributed by atoms with E-state index in [1.807, 2.05) is 30.5 Å². The molecule has 1 aromatic heterocycles. The number of benzene rings is 1. The molecule has 0 aliphatic carbocycles. The van der Waals surface area contributed by atoms with E-state index in [0.29, 0.717) is 21.5 Å². The predicted octanol–water partition coefficient (Wildman–Crippen LogP) is 4.38. The van der Waals surface area contributed by atoms with E-state index < -0.39 is 0 Å². The summed E-state index contributed by atoms with van der Waals surface area (Å²) in [7, 11) is 0. The first-order valence-corrected chi connectivity index (χ1v) is 10.5. The summed E-state index contributed by atoms with van der Waals surface area (Å²) in [6, 6.07) is 11.1. The molecule has 0 radical (unpaired) electrons. The summed E-state index contributed by atoms with van der Waals surface area (Å²) in [5.41, 5.74) is 0.687. The van der Waals surface area contributed by atoms with Gasteiger partial charge in [0.15, 0.2) is 0 Å². The average Bonchev–Trinajstić information content (AvgIpc) is 3.24. The molecule has 140 valence electrons. The van der Waals surface area contributed by atoms with E-state index in [-0.39, 0.29) is 24.8 Å². The number of hydrogen-bond acceptors (Lipinski definition) is 6. The summed E-state index contributed by atoms with van der Waals surface area (Å²) in [6.45, 7) is 2.77. The summed E-state index contributed by atoms with van der Waals surface area (Å²) in [5.74, 6) is 0.438. The van der Waals surface area contributed by atoms with Crippen molar-refractivity contribution in [3.63, 3.8) is 0 Å². The summed E-state index contributed by atoms with van der Waals surface area (Å²) in [4.78, 5) is 27.8. The van der Waals surface area contributed by atoms with Crippen LogP contribution in [0.1, 0.15) is 18.2 Å². The Morgan fingerprint density at radius 2 is 2.07 bits per heavy atom. The van der Waals surface area contributed by atoms with Gasteiger partial charge in [-0.25, -0.2) is 0 Å². The van der Waals surface area contributed by atoms with Gasteiger partial charge in [-0.2, -0.15) is 0 Å². The van der Waals surface area contributed by atoms with E-state index in [2.05, 4.69) is 5.32 Å². The summed E-state index contributed by atoms with van der Waals surface area (Å²) < 4.78 is 5.86. The third-order valence-corrected chi connectivity index (χ3v) is 5.90. The molecule has 8 heteroatoms. The van der Waals surface area contributed by atoms with E-state index in [9.17, 15) is 9.59 Å². The number of amides is 2. The monoisotopic (exact) mass is 418 g/mol. The lowest BCUT2D eigenvalue weighted by molar-refractivity contribution is -0.122. The lowest BCUT2D eigenvalue weighted by Crippen LogP contribution is -2.31. The Kier molecular flexibility index (Phi) is 6.65. The number of carbonyl (C=O) groups excluding carboxylic acids is 2. The molecule has 0 unspecified atom stereocenters. The van der Waals surface area contributed by atoms with Crippen molar-refractivity contribution in [2.24, 2.45) is 0 Å². The maximum Gasteiger partial charge on any atom is 0.266 e. The first-order valence-electron chi connectivity index (χ1n) is 8.38. The van der Waals surface area contributed by atoms with Gasteiger partial charge in [-0.05, 0) is 48.7 Å². The molecule has 2 heterocycles. The van der Waals surface area contributed by atoms with Gasteiger partial charge in [0.05, 0.1) is 11.5 Å². The number of carbonyl (C=O) groups is 2. The molecule has 1 aliphatic heterocycles. The number of nitrogens with one attached hydrogen (secondary N) is 1. The second-order valence-corrected chi connectivity index (χ2v) is 8.26. The number of nitrogens with zero attached hydrogens (tertiary/aromatic N) is 1. The minimum Gasteiger partial charge on any atom is -0.494 e. The largest absolute Gasteiger partial charge is 0.494 e. The van der Waals surface area contributed by atoms with E-state index in [1.165, 1.54) is 16.7 Å². The van der Waals surface area contributed by atoms with Gasteiger partial charge in [0.2, 0.25) is 5.91 Å². The van der Waals surface area contributed by atoms with E-state index in [4.69, 9.17) is 17.0 Å². The van der Waals surface area contributed by atoms with Gasteiger partial charge in [0.1, 0.15) is 10.1 Å². The van der Waals surface area contributed by atoms with E-state index >= 15 is 0 Å². The highest BCUT2D eigenvalue weighted by molar-refractivity contribution is 8.26. The van der Waals surface area contributed by atoms with Crippen LogP contribution in [0.25, 0.3) is 6.08 Å². The van der Waals surface area contributed by atoms with Gasteiger partial charge in [0.25, 0.3) is 5.91 Å². The Hall–Kier alpha value is -2.16. The second kappa shape index (κ2) is 9.16. The standard InChI is InChI=1S/C19H18N2O3S3/c1-2-24-14-7-5-13(6-8-14)20-17(22)9-10-21-18(23)16(27-19(21)25)12-15-4-3-11-26-15/h3-8,11-12H,2,9-10H2,1H3,(H,20,22)/b16-12-. The number of ether oxygens (including phenoxy) is 1. The van der Waals surface area contributed by atoms with Crippen LogP contribution in [0.4, 0.5) is 5.69 Å². The molecule has 0 spiro atoms. The normalized spacial score (nSPS) is 15.4. The van der Waals surface area contributed by atoms with Gasteiger partial charge < -0.3 is 10.1 Å². The first kappa shape index (κ1) is 19.6. The summed E-state index contributed by atoms with van der Waals surface area (Å²) in [6.07, 6.45) is 2.01. The molecule has 1 fully saturated rings. The highest BCUT2D eigenvalue weighted by atomic mass is 32.2. The molecule has 0 bridgehead atoms. The number of thiocarbonyl (C=S) groups is 1. The molecule has 27 heavy (non-hydrogen) atoms. The Bertz CT molecular complexity index is 861. The molecule has 2 amide bonds. The van der Waals surface area contributed by atoms with E-state index in [0.717, 1.165) is 10.6 Å². The van der Waals surface area contributed by atoms with Crippen molar-refractivity contribution < 1.29 is 14.3 Å². The molecule has 1 aliphatic rings. The van der Waals surface area contributed by atoms with Gasteiger partial charge in [-0.1, -0.05) is 30.0 Å². The Morgan fingerprint density at radius 3 is 2.74 bits per heavy atom. The SMILES string of the molecule is CCOc1ccc(NC(=O)CCN2C(=O)/C(=C/c3cccs3)SC2=S)cc1. The van der Waals surface area contributed by atoms with Crippen molar-refractivity contribution in [3.05, 3.63) is 51.6 Å². The maximum absolute atomic E-state index is 12.5. The Labute approximate surface area is 171 Å². The fourth-order valence-corrected chi connectivity index (χ4v) is 4.46. The maximum atomic E-state index is 12.5. The number of rotatable bonds is 7. The van der Waals surface area contributed by atoms with Crippen LogP contribution in [0.3, 0.4) is 0 Å². The van der Waals surface area contributed by atoms with Crippen LogP contribution in [0, 0.1) is 0 Å². The zero-order valence-corrected chi connectivity index (χ0v) is 17.1. The Balaban J connectivity index is 1.54. The van der Waals surface area contributed by atoms with Crippen LogP contribution in [0.5, 0.6) is 5.75 Å². The van der Waals surface area contributed by atoms with Crippen molar-refractivity contribution in [1.29, 1.82) is 0 Å². The molecule has 1 aromatic carbocycles.